The Hall–Kier alpha value is -2.05. The van der Waals surface area contributed by atoms with E-state index in [9.17, 15) is 9.59 Å². The van der Waals surface area contributed by atoms with Gasteiger partial charge in [0.05, 0.1) is 17.7 Å². The first-order valence-corrected chi connectivity index (χ1v) is 8.25. The molecule has 0 aromatic heterocycles. The summed E-state index contributed by atoms with van der Waals surface area (Å²) in [5.74, 6) is -0.463. The van der Waals surface area contributed by atoms with Crippen LogP contribution in [-0.4, -0.2) is 31.3 Å². The molecule has 1 aromatic carbocycles. The van der Waals surface area contributed by atoms with Crippen LogP contribution in [0.3, 0.4) is 0 Å². The molecule has 24 heavy (non-hydrogen) atoms. The Balaban J connectivity index is 1.80. The summed E-state index contributed by atoms with van der Waals surface area (Å²) < 4.78 is 10.9. The molecule has 128 valence electrons. The third-order valence-corrected chi connectivity index (χ3v) is 4.37. The summed E-state index contributed by atoms with van der Waals surface area (Å²) in [4.78, 5) is 24.4. The molecule has 6 nitrogen and oxygen atoms in total. The monoisotopic (exact) mass is 350 g/mol. The Morgan fingerprint density at radius 3 is 2.79 bits per heavy atom. The Morgan fingerprint density at radius 2 is 2.12 bits per heavy atom. The van der Waals surface area contributed by atoms with Gasteiger partial charge in [-0.2, -0.15) is 0 Å². The van der Waals surface area contributed by atoms with Crippen LogP contribution in [0.4, 0.5) is 4.79 Å². The number of carbonyl (C=O) groups excluding carboxylic acids is 2. The van der Waals surface area contributed by atoms with Crippen molar-refractivity contribution >= 4 is 23.6 Å². The molecule has 0 bridgehead atoms. The molecule has 0 spiro atoms. The SMILES string of the molecule is CC1=C(C(=O)OC[C@H]2CCCO2)[C@@H](c2ccc(Cl)cc2)NC(=O)N1. The van der Waals surface area contributed by atoms with E-state index in [2.05, 4.69) is 10.6 Å². The molecule has 1 fully saturated rings. The molecule has 0 unspecified atom stereocenters. The van der Waals surface area contributed by atoms with Crippen molar-refractivity contribution in [1.29, 1.82) is 0 Å². The maximum absolute atomic E-state index is 12.6. The van der Waals surface area contributed by atoms with Crippen LogP contribution in [0.2, 0.25) is 5.02 Å². The largest absolute Gasteiger partial charge is 0.459 e. The van der Waals surface area contributed by atoms with Gasteiger partial charge >= 0.3 is 12.0 Å². The highest BCUT2D eigenvalue weighted by Gasteiger charge is 2.32. The number of urea groups is 1. The molecule has 2 atom stereocenters. The Kier molecular flexibility index (Phi) is 5.06. The maximum Gasteiger partial charge on any atom is 0.338 e. The summed E-state index contributed by atoms with van der Waals surface area (Å²) in [5, 5.41) is 5.96. The predicted octanol–water partition coefficient (Wildman–Crippen LogP) is 2.69. The van der Waals surface area contributed by atoms with E-state index in [1.165, 1.54) is 0 Å². The minimum Gasteiger partial charge on any atom is -0.459 e. The minimum atomic E-state index is -0.576. The number of halogens is 1. The van der Waals surface area contributed by atoms with E-state index >= 15 is 0 Å². The average Bonchev–Trinajstić information content (AvgIpc) is 3.06. The van der Waals surface area contributed by atoms with Crippen molar-refractivity contribution in [3.8, 4) is 0 Å². The van der Waals surface area contributed by atoms with Gasteiger partial charge < -0.3 is 20.1 Å². The molecular weight excluding hydrogens is 332 g/mol. The van der Waals surface area contributed by atoms with E-state index < -0.39 is 12.0 Å². The molecule has 2 amide bonds. The molecule has 7 heteroatoms. The summed E-state index contributed by atoms with van der Waals surface area (Å²) in [5.41, 5.74) is 1.63. The van der Waals surface area contributed by atoms with E-state index in [-0.39, 0.29) is 18.7 Å². The van der Waals surface area contributed by atoms with E-state index in [1.807, 2.05) is 0 Å². The first-order chi connectivity index (χ1) is 11.5. The van der Waals surface area contributed by atoms with Crippen molar-refractivity contribution in [2.45, 2.75) is 31.9 Å². The zero-order valence-corrected chi connectivity index (χ0v) is 14.1. The molecular formula is C17H19ClN2O4. The summed E-state index contributed by atoms with van der Waals surface area (Å²) >= 11 is 5.91. The van der Waals surface area contributed by atoms with Gasteiger partial charge in [-0.1, -0.05) is 23.7 Å². The number of ether oxygens (including phenoxy) is 2. The molecule has 1 saturated heterocycles. The highest BCUT2D eigenvalue weighted by atomic mass is 35.5. The topological polar surface area (TPSA) is 76.7 Å². The minimum absolute atomic E-state index is 0.0463. The lowest BCUT2D eigenvalue weighted by molar-refractivity contribution is -0.142. The number of esters is 1. The summed E-state index contributed by atoms with van der Waals surface area (Å²) in [7, 11) is 0. The Labute approximate surface area is 145 Å². The number of amides is 2. The third-order valence-electron chi connectivity index (χ3n) is 4.12. The second-order valence-corrected chi connectivity index (χ2v) is 6.29. The lowest BCUT2D eigenvalue weighted by atomic mass is 9.95. The second kappa shape index (κ2) is 7.23. The fourth-order valence-electron chi connectivity index (χ4n) is 2.89. The molecule has 2 aliphatic heterocycles. The van der Waals surface area contributed by atoms with Crippen LogP contribution in [-0.2, 0) is 14.3 Å². The van der Waals surface area contributed by atoms with E-state index in [0.717, 1.165) is 18.4 Å². The van der Waals surface area contributed by atoms with Gasteiger partial charge in [-0.15, -0.1) is 0 Å². The number of benzene rings is 1. The second-order valence-electron chi connectivity index (χ2n) is 5.86. The van der Waals surface area contributed by atoms with E-state index in [1.54, 1.807) is 31.2 Å². The smallest absolute Gasteiger partial charge is 0.338 e. The lowest BCUT2D eigenvalue weighted by Crippen LogP contribution is -2.45. The van der Waals surface area contributed by atoms with Gasteiger partial charge in [-0.3, -0.25) is 0 Å². The number of rotatable bonds is 4. The first kappa shape index (κ1) is 16.8. The Bertz CT molecular complexity index is 666. The quantitative estimate of drug-likeness (QED) is 0.818. The van der Waals surface area contributed by atoms with Gasteiger partial charge in [0.1, 0.15) is 6.61 Å². The number of nitrogens with one attached hydrogen (secondary N) is 2. The summed E-state index contributed by atoms with van der Waals surface area (Å²) in [6.45, 7) is 2.61. The zero-order chi connectivity index (χ0) is 17.1. The van der Waals surface area contributed by atoms with Gasteiger partial charge in [-0.05, 0) is 37.5 Å². The highest BCUT2D eigenvalue weighted by Crippen LogP contribution is 2.28. The summed E-state index contributed by atoms with van der Waals surface area (Å²) in [6.07, 6.45) is 1.82. The summed E-state index contributed by atoms with van der Waals surface area (Å²) in [6, 6.07) is 6.06. The standard InChI is InChI=1S/C17H19ClN2O4/c1-10-14(16(21)24-9-13-3-2-8-23-13)15(20-17(22)19-10)11-4-6-12(18)7-5-11/h4-7,13,15H,2-3,8-9H2,1H3,(H2,19,20,22)/t13-,15-/m1/s1. The molecule has 0 radical (unpaired) electrons. The van der Waals surface area contributed by atoms with Crippen LogP contribution in [0.15, 0.2) is 35.5 Å². The van der Waals surface area contributed by atoms with Crippen molar-refractivity contribution < 1.29 is 19.1 Å². The number of hydrogen-bond donors (Lipinski definition) is 2. The first-order valence-electron chi connectivity index (χ1n) is 7.87. The highest BCUT2D eigenvalue weighted by molar-refractivity contribution is 6.30. The molecule has 2 heterocycles. The van der Waals surface area contributed by atoms with Crippen molar-refractivity contribution in [2.75, 3.05) is 13.2 Å². The Morgan fingerprint density at radius 1 is 1.38 bits per heavy atom. The zero-order valence-electron chi connectivity index (χ0n) is 13.3. The number of carbonyl (C=O) groups is 2. The fraction of sp³-hybridized carbons (Fsp3) is 0.412. The maximum atomic E-state index is 12.6. The van der Waals surface area contributed by atoms with Crippen LogP contribution >= 0.6 is 11.6 Å². The fourth-order valence-corrected chi connectivity index (χ4v) is 3.02. The van der Waals surface area contributed by atoms with Crippen molar-refractivity contribution in [2.24, 2.45) is 0 Å². The van der Waals surface area contributed by atoms with Crippen LogP contribution in [0.25, 0.3) is 0 Å². The number of allylic oxidation sites excluding steroid dienone is 1. The molecule has 0 aliphatic carbocycles. The van der Waals surface area contributed by atoms with Crippen molar-refractivity contribution in [3.05, 3.63) is 46.1 Å². The van der Waals surface area contributed by atoms with Crippen LogP contribution < -0.4 is 10.6 Å². The molecule has 2 aliphatic rings. The van der Waals surface area contributed by atoms with Gasteiger partial charge in [0.25, 0.3) is 0 Å². The normalized spacial score (nSPS) is 23.7. The average molecular weight is 351 g/mol. The molecule has 3 rings (SSSR count). The van der Waals surface area contributed by atoms with Gasteiger partial charge in [0.2, 0.25) is 0 Å². The van der Waals surface area contributed by atoms with Crippen LogP contribution in [0.5, 0.6) is 0 Å². The predicted molar refractivity (Wildman–Crippen MR) is 88.5 cm³/mol. The third kappa shape index (κ3) is 3.71. The number of hydrogen-bond acceptors (Lipinski definition) is 4. The molecule has 2 N–H and O–H groups in total. The molecule has 0 saturated carbocycles. The van der Waals surface area contributed by atoms with E-state index in [0.29, 0.717) is 22.9 Å². The van der Waals surface area contributed by atoms with Crippen molar-refractivity contribution in [3.63, 3.8) is 0 Å². The van der Waals surface area contributed by atoms with Gasteiger partial charge in [0.15, 0.2) is 0 Å². The van der Waals surface area contributed by atoms with Crippen LogP contribution in [0, 0.1) is 0 Å². The van der Waals surface area contributed by atoms with E-state index in [4.69, 9.17) is 21.1 Å². The van der Waals surface area contributed by atoms with Crippen LogP contribution in [0.1, 0.15) is 31.4 Å². The lowest BCUT2D eigenvalue weighted by Gasteiger charge is -2.28. The van der Waals surface area contributed by atoms with Gasteiger partial charge in [0, 0.05) is 17.3 Å². The van der Waals surface area contributed by atoms with Crippen molar-refractivity contribution in [1.82, 2.24) is 10.6 Å². The molecule has 1 aromatic rings. The van der Waals surface area contributed by atoms with Gasteiger partial charge in [-0.25, -0.2) is 9.59 Å².